The van der Waals surface area contributed by atoms with E-state index in [1.165, 1.54) is 0 Å². The molecule has 0 spiro atoms. The molecule has 0 unspecified atom stereocenters. The molecule has 1 nitrogen and oxygen atoms in total. The summed E-state index contributed by atoms with van der Waals surface area (Å²) in [6, 6.07) is 12.2. The van der Waals surface area contributed by atoms with E-state index in [0.717, 1.165) is 21.8 Å². The highest BCUT2D eigenvalue weighted by Gasteiger charge is 2.04. The third kappa shape index (κ3) is 0.841. The lowest BCUT2D eigenvalue weighted by Gasteiger charge is -1.95. The maximum atomic E-state index is 7.69. The van der Waals surface area contributed by atoms with Crippen LogP contribution in [0.5, 0.6) is 0 Å². The number of rotatable bonds is 0. The molecular weight excluding hydrogens is 170 g/mol. The van der Waals surface area contributed by atoms with Gasteiger partial charge in [-0.15, -0.1) is 0 Å². The van der Waals surface area contributed by atoms with Crippen molar-refractivity contribution in [1.29, 1.82) is 0 Å². The molecule has 0 atom stereocenters. The third-order valence-corrected chi connectivity index (χ3v) is 2.70. The van der Waals surface area contributed by atoms with Crippen molar-refractivity contribution in [2.24, 2.45) is 7.05 Å². The molecule has 0 saturated carbocycles. The molecule has 0 aliphatic heterocycles. The van der Waals surface area contributed by atoms with E-state index < -0.39 is 0 Å². The van der Waals surface area contributed by atoms with Crippen LogP contribution in [0.15, 0.2) is 48.5 Å². The largest absolute Gasteiger partial charge is 0.344 e. The molecule has 3 rings (SSSR count). The highest BCUT2D eigenvalue weighted by molar-refractivity contribution is 6.07. The van der Waals surface area contributed by atoms with E-state index in [1.54, 1.807) is 12.1 Å². The van der Waals surface area contributed by atoms with E-state index in [0.29, 0.717) is 0 Å². The van der Waals surface area contributed by atoms with Gasteiger partial charge >= 0.3 is 0 Å². The fourth-order valence-electron chi connectivity index (χ4n) is 1.99. The molecule has 0 bridgehead atoms. The lowest BCUT2D eigenvalue weighted by molar-refractivity contribution is 1.01. The fourth-order valence-corrected chi connectivity index (χ4v) is 1.99. The Morgan fingerprint density at radius 2 is 1.57 bits per heavy atom. The quantitative estimate of drug-likeness (QED) is 0.504. The Balaban J connectivity index is 2.62. The monoisotopic (exact) mass is 183 g/mol. The minimum atomic E-state index is 0.276. The maximum Gasteiger partial charge on any atom is 0.0623 e. The van der Waals surface area contributed by atoms with Gasteiger partial charge in [0.05, 0.1) is 2.74 Å². The van der Waals surface area contributed by atoms with Crippen molar-refractivity contribution >= 4 is 21.8 Å². The molecule has 0 fully saturated rings. The minimum Gasteiger partial charge on any atom is -0.344 e. The van der Waals surface area contributed by atoms with Crippen LogP contribution in [0.1, 0.15) is 2.74 Å². The van der Waals surface area contributed by atoms with Crippen molar-refractivity contribution < 1.29 is 2.74 Å². The number of benzene rings is 2. The molecule has 1 heterocycles. The van der Waals surface area contributed by atoms with Crippen LogP contribution in [-0.2, 0) is 7.05 Å². The first-order valence-corrected chi connectivity index (χ1v) is 4.63. The number of fused-ring (bicyclic) bond motifs is 3. The fraction of sp³-hybridized carbons (Fsp3) is 0.0769. The lowest BCUT2D eigenvalue weighted by Crippen LogP contribution is -1.84. The Labute approximate surface area is 85.4 Å². The van der Waals surface area contributed by atoms with E-state index in [9.17, 15) is 0 Å². The van der Waals surface area contributed by atoms with Crippen molar-refractivity contribution in [2.45, 2.75) is 0 Å². The van der Waals surface area contributed by atoms with Gasteiger partial charge in [-0.1, -0.05) is 36.4 Å². The minimum absolute atomic E-state index is 0.276. The Morgan fingerprint density at radius 1 is 0.929 bits per heavy atom. The van der Waals surface area contributed by atoms with Gasteiger partial charge in [-0.3, -0.25) is 0 Å². The van der Waals surface area contributed by atoms with Crippen LogP contribution in [-0.4, -0.2) is 4.57 Å². The molecule has 0 aliphatic rings. The smallest absolute Gasteiger partial charge is 0.0623 e. The van der Waals surface area contributed by atoms with E-state index in [1.807, 2.05) is 19.2 Å². The predicted molar refractivity (Wildman–Crippen MR) is 60.4 cm³/mol. The topological polar surface area (TPSA) is 4.93 Å². The van der Waals surface area contributed by atoms with Crippen LogP contribution in [0.2, 0.25) is 0 Å². The summed E-state index contributed by atoms with van der Waals surface area (Å²) in [4.78, 5) is 0. The molecular formula is C13H11N. The molecule has 14 heavy (non-hydrogen) atoms. The predicted octanol–water partition coefficient (Wildman–Crippen LogP) is 3.33. The second kappa shape index (κ2) is 2.61. The average molecular weight is 183 g/mol. The summed E-state index contributed by atoms with van der Waals surface area (Å²) < 4.78 is 17.4. The standard InChI is InChI=1S/C13H11N/c1-14-12-8-4-2-6-10(12)11-7-3-5-9-13(11)14/h2-9H,1H3/i2D,4D. The number of aryl methyl sites for hydroxylation is 1. The molecule has 3 aromatic rings. The van der Waals surface area contributed by atoms with Crippen molar-refractivity contribution in [2.75, 3.05) is 0 Å². The van der Waals surface area contributed by atoms with Gasteiger partial charge in [0.1, 0.15) is 0 Å². The third-order valence-electron chi connectivity index (χ3n) is 2.70. The number of hydrogen-bond donors (Lipinski definition) is 0. The first-order chi connectivity index (χ1) is 7.68. The van der Waals surface area contributed by atoms with Gasteiger partial charge in [0.25, 0.3) is 0 Å². The van der Waals surface area contributed by atoms with Gasteiger partial charge in [-0.2, -0.15) is 0 Å². The number of para-hydroxylation sites is 2. The highest BCUT2D eigenvalue weighted by Crippen LogP contribution is 2.26. The second-order valence-corrected chi connectivity index (χ2v) is 3.45. The molecule has 1 aromatic heterocycles. The van der Waals surface area contributed by atoms with Crippen LogP contribution in [0.3, 0.4) is 0 Å². The zero-order chi connectivity index (χ0) is 11.3. The normalized spacial score (nSPS) is 13.2. The Kier molecular flexibility index (Phi) is 1.09. The Bertz CT molecular complexity index is 698. The number of hydrogen-bond acceptors (Lipinski definition) is 0. The van der Waals surface area contributed by atoms with Gasteiger partial charge in [0, 0.05) is 28.9 Å². The van der Waals surface area contributed by atoms with E-state index in [2.05, 4.69) is 16.7 Å². The Morgan fingerprint density at radius 3 is 2.50 bits per heavy atom. The maximum absolute atomic E-state index is 7.69. The average Bonchev–Trinajstić information content (AvgIpc) is 2.55. The first-order valence-electron chi connectivity index (χ1n) is 5.63. The number of nitrogens with zero attached hydrogens (tertiary/aromatic N) is 1. The molecule has 2 aromatic carbocycles. The van der Waals surface area contributed by atoms with Crippen LogP contribution in [0.25, 0.3) is 21.8 Å². The molecule has 0 N–H and O–H groups in total. The summed E-state index contributed by atoms with van der Waals surface area (Å²) >= 11 is 0. The van der Waals surface area contributed by atoms with E-state index in [4.69, 9.17) is 2.74 Å². The van der Waals surface area contributed by atoms with Crippen LogP contribution < -0.4 is 0 Å². The van der Waals surface area contributed by atoms with Crippen molar-refractivity contribution in [3.63, 3.8) is 0 Å². The lowest BCUT2D eigenvalue weighted by atomic mass is 10.2. The van der Waals surface area contributed by atoms with Gasteiger partial charge in [0.15, 0.2) is 0 Å². The summed E-state index contributed by atoms with van der Waals surface area (Å²) in [6.45, 7) is 0. The molecule has 0 radical (unpaired) electrons. The summed E-state index contributed by atoms with van der Waals surface area (Å²) in [7, 11) is 1.99. The summed E-state index contributed by atoms with van der Waals surface area (Å²) in [5.74, 6) is 0. The van der Waals surface area contributed by atoms with Gasteiger partial charge < -0.3 is 4.57 Å². The molecule has 68 valence electrons. The Hall–Kier alpha value is -1.76. The van der Waals surface area contributed by atoms with Gasteiger partial charge in [0.2, 0.25) is 0 Å². The van der Waals surface area contributed by atoms with E-state index in [-0.39, 0.29) is 12.1 Å². The number of aromatic nitrogens is 1. The SMILES string of the molecule is [2H]c1cc2c3ccccc3n(C)c2cc1[2H]. The first kappa shape index (κ1) is 5.86. The summed E-state index contributed by atoms with van der Waals surface area (Å²) in [5, 5.41) is 2.20. The van der Waals surface area contributed by atoms with E-state index >= 15 is 0 Å². The zero-order valence-corrected chi connectivity index (χ0v) is 7.91. The van der Waals surface area contributed by atoms with Crippen molar-refractivity contribution in [3.05, 3.63) is 48.5 Å². The molecule has 0 saturated heterocycles. The highest BCUT2D eigenvalue weighted by atomic mass is 14.9. The summed E-state index contributed by atoms with van der Waals surface area (Å²) in [5.41, 5.74) is 2.16. The molecule has 1 heteroatoms. The van der Waals surface area contributed by atoms with Crippen LogP contribution >= 0.6 is 0 Å². The van der Waals surface area contributed by atoms with Crippen LogP contribution in [0, 0.1) is 0 Å². The zero-order valence-electron chi connectivity index (χ0n) is 9.91. The molecule has 0 aliphatic carbocycles. The van der Waals surface area contributed by atoms with Crippen molar-refractivity contribution in [1.82, 2.24) is 4.57 Å². The van der Waals surface area contributed by atoms with Crippen molar-refractivity contribution in [3.8, 4) is 0 Å². The second-order valence-electron chi connectivity index (χ2n) is 3.45. The van der Waals surface area contributed by atoms with Gasteiger partial charge in [-0.25, -0.2) is 0 Å². The van der Waals surface area contributed by atoms with Gasteiger partial charge in [-0.05, 0) is 12.1 Å². The summed E-state index contributed by atoms with van der Waals surface area (Å²) in [6.07, 6.45) is 0. The van der Waals surface area contributed by atoms with Crippen LogP contribution in [0.4, 0.5) is 0 Å². The molecule has 0 amide bonds.